The second kappa shape index (κ2) is 16.0. The number of alkyl halides is 44. The highest BCUT2D eigenvalue weighted by atomic mass is 28.4. The van der Waals surface area contributed by atoms with Crippen molar-refractivity contribution in [3.05, 3.63) is 0 Å². The van der Waals surface area contributed by atoms with Crippen LogP contribution >= 0.6 is 0 Å². The molecular weight excluding hydrogens is 1150 g/mol. The van der Waals surface area contributed by atoms with E-state index in [1.165, 1.54) is 0 Å². The Morgan fingerprint density at radius 1 is 0.176 bits per heavy atom. The van der Waals surface area contributed by atoms with Crippen LogP contribution in [-0.2, 0) is 13.3 Å². The van der Waals surface area contributed by atoms with E-state index in [0.717, 1.165) is 0 Å². The lowest BCUT2D eigenvalue weighted by molar-refractivity contribution is -0.496. The molecule has 0 rings (SSSR count). The average Bonchev–Trinajstić information content (AvgIpc) is 3.04. The summed E-state index contributed by atoms with van der Waals surface area (Å²) in [5.41, 5.74) is -10.6. The fourth-order valence-electron chi connectivity index (χ4n) is 3.48. The molecular formula is C20F44O3Si. The summed E-state index contributed by atoms with van der Waals surface area (Å²) in [4.78, 5) is 0. The Morgan fingerprint density at radius 2 is 0.353 bits per heavy atom. The third kappa shape index (κ3) is 8.59. The normalized spacial score (nSPS) is 18.0. The Hall–Kier alpha value is -2.98. The van der Waals surface area contributed by atoms with Gasteiger partial charge in [0.2, 0.25) is 0 Å². The summed E-state index contributed by atoms with van der Waals surface area (Å²) in [6, 6.07) is 0. The predicted octanol–water partition coefficient (Wildman–Crippen LogP) is 13.8. The molecule has 0 amide bonds. The van der Waals surface area contributed by atoms with Gasteiger partial charge < -0.3 is 13.3 Å². The molecule has 0 aromatic rings. The van der Waals surface area contributed by atoms with Gasteiger partial charge in [-0.25, -0.2) is 0 Å². The number of halogens is 44. The SMILES string of the molecule is FC(F)(F)C(F)(F)C(F)(F)C(F)(F)O[Si](OC(F)(F)C(F)(F)C(F)(F)C(F)(F)F)(OC(F)(C(F)(F)C(F)(F)C(F)(F)F)C(F)(F)C(F)(F)C(F)(F)C(F)(F)C(F)(F)C(F)(F)F)C(F)(F)C(F)(F)F. The molecule has 0 heterocycles. The zero-order chi connectivity index (χ0) is 56.6. The Balaban J connectivity index is 10.2. The molecule has 0 aromatic carbocycles. The lowest BCUT2D eigenvalue weighted by Crippen LogP contribution is -2.83. The maximum atomic E-state index is 15.8. The molecule has 0 saturated heterocycles. The average molecular weight is 1150 g/mol. The van der Waals surface area contributed by atoms with E-state index in [0.29, 0.717) is 13.3 Å². The maximum Gasteiger partial charge on any atom is 0.597 e. The van der Waals surface area contributed by atoms with Gasteiger partial charge >= 0.3 is 128 Å². The molecule has 68 heavy (non-hydrogen) atoms. The summed E-state index contributed by atoms with van der Waals surface area (Å²) in [7, 11) is -13.6. The van der Waals surface area contributed by atoms with Crippen molar-refractivity contribution < 1.29 is 206 Å². The van der Waals surface area contributed by atoms with Crippen molar-refractivity contribution >= 4 is 8.80 Å². The van der Waals surface area contributed by atoms with E-state index < -0.39 is 128 Å². The molecule has 410 valence electrons. The van der Waals surface area contributed by atoms with Gasteiger partial charge in [0, 0.05) is 0 Å². The van der Waals surface area contributed by atoms with Crippen LogP contribution in [0, 0.1) is 0 Å². The van der Waals surface area contributed by atoms with E-state index in [4.69, 9.17) is 0 Å². The van der Waals surface area contributed by atoms with Gasteiger partial charge in [-0.15, -0.1) is 0 Å². The minimum Gasteiger partial charge on any atom is -0.326 e. The zero-order valence-electron chi connectivity index (χ0n) is 28.4. The van der Waals surface area contributed by atoms with E-state index >= 15 is 13.2 Å². The standard InChI is InChI=1S/C20F44O3Si/c21-1(22,3(25,26)6(31,32)13(44,45)46)2(23,24)4(27,28)12(43,5(29,30)7(33,34)14(47,48)49)65-68(20(63,64)17(56,57)58,66-18(59,60)10(39,40)8(35,36)15(50,51)52)67-19(61,62)11(41,42)9(37,38)16(53,54)55. The first-order valence-electron chi connectivity index (χ1n) is 13.8. The largest absolute Gasteiger partial charge is 0.597 e. The van der Waals surface area contributed by atoms with Crippen molar-refractivity contribution in [1.29, 1.82) is 0 Å². The molecule has 48 heteroatoms. The van der Waals surface area contributed by atoms with Crippen LogP contribution in [0.5, 0.6) is 0 Å². The summed E-state index contributed by atoms with van der Waals surface area (Å²) in [5.74, 6) is -124. The first-order valence-corrected chi connectivity index (χ1v) is 15.5. The fourth-order valence-corrected chi connectivity index (χ4v) is 5.89. The lowest BCUT2D eigenvalue weighted by atomic mass is 9.86. The van der Waals surface area contributed by atoms with Crippen LogP contribution in [0.25, 0.3) is 0 Å². The summed E-state index contributed by atoms with van der Waals surface area (Å²) >= 11 is 0. The van der Waals surface area contributed by atoms with Crippen LogP contribution < -0.4 is 0 Å². The van der Waals surface area contributed by atoms with Crippen LogP contribution in [0.1, 0.15) is 0 Å². The maximum absolute atomic E-state index is 15.8. The molecule has 0 aliphatic carbocycles. The van der Waals surface area contributed by atoms with E-state index in [-0.39, 0.29) is 0 Å². The van der Waals surface area contributed by atoms with Gasteiger partial charge in [0.05, 0.1) is 0 Å². The quantitative estimate of drug-likeness (QED) is 0.101. The summed E-state index contributed by atoms with van der Waals surface area (Å²) in [6.45, 7) is 0. The Kier molecular flexibility index (Phi) is 15.3. The summed E-state index contributed by atoms with van der Waals surface area (Å²) in [5, 5.41) is 0. The van der Waals surface area contributed by atoms with Crippen LogP contribution in [-0.4, -0.2) is 128 Å². The second-order valence-corrected chi connectivity index (χ2v) is 14.2. The van der Waals surface area contributed by atoms with Gasteiger partial charge in [0.25, 0.3) is 0 Å². The van der Waals surface area contributed by atoms with Crippen molar-refractivity contribution in [2.24, 2.45) is 0 Å². The molecule has 0 radical (unpaired) electrons. The van der Waals surface area contributed by atoms with Crippen LogP contribution in [0.3, 0.4) is 0 Å². The smallest absolute Gasteiger partial charge is 0.326 e. The minimum atomic E-state index is -13.6. The molecule has 0 N–H and O–H groups in total. The van der Waals surface area contributed by atoms with Gasteiger partial charge in [-0.3, -0.25) is 0 Å². The summed E-state index contributed by atoms with van der Waals surface area (Å²) < 4.78 is 603. The summed E-state index contributed by atoms with van der Waals surface area (Å²) in [6.07, 6.45) is -66.6. The van der Waals surface area contributed by atoms with E-state index in [9.17, 15) is 180 Å². The molecule has 0 aliphatic rings. The highest BCUT2D eigenvalue weighted by Crippen LogP contribution is 2.69. The Labute approximate surface area is 336 Å². The molecule has 1 unspecified atom stereocenters. The fraction of sp³-hybridized carbons (Fsp3) is 1.00. The minimum absolute atomic E-state index is 0.365. The zero-order valence-corrected chi connectivity index (χ0v) is 29.4. The van der Waals surface area contributed by atoms with Gasteiger partial charge in [0.15, 0.2) is 0 Å². The van der Waals surface area contributed by atoms with Crippen molar-refractivity contribution in [3.63, 3.8) is 0 Å². The predicted molar refractivity (Wildman–Crippen MR) is 112 cm³/mol. The second-order valence-electron chi connectivity index (χ2n) is 11.9. The number of hydrogen-bond acceptors (Lipinski definition) is 3. The molecule has 0 bridgehead atoms. The molecule has 0 aliphatic heterocycles. The third-order valence-electron chi connectivity index (χ3n) is 7.26. The van der Waals surface area contributed by atoms with Gasteiger partial charge in [-0.2, -0.15) is 193 Å². The van der Waals surface area contributed by atoms with Crippen LogP contribution in [0.4, 0.5) is 193 Å². The molecule has 0 spiro atoms. The molecule has 1 atom stereocenters. The Bertz CT molecular complexity index is 1730. The van der Waals surface area contributed by atoms with E-state index in [1.54, 1.807) is 0 Å². The number of rotatable bonds is 18. The van der Waals surface area contributed by atoms with Crippen LogP contribution in [0.2, 0.25) is 0 Å². The molecule has 3 nitrogen and oxygen atoms in total. The first-order chi connectivity index (χ1) is 28.4. The lowest BCUT2D eigenvalue weighted by Gasteiger charge is -2.50. The van der Waals surface area contributed by atoms with Crippen LogP contribution in [0.15, 0.2) is 0 Å². The highest BCUT2D eigenvalue weighted by molar-refractivity contribution is 6.64. The monoisotopic (exact) mass is 1150 g/mol. The topological polar surface area (TPSA) is 27.7 Å². The number of hydrogen-bond donors (Lipinski definition) is 0. The third-order valence-corrected chi connectivity index (χ3v) is 9.92. The van der Waals surface area contributed by atoms with Crippen molar-refractivity contribution in [3.8, 4) is 0 Å². The molecule has 0 aromatic heterocycles. The van der Waals surface area contributed by atoms with Gasteiger partial charge in [-0.1, -0.05) is 0 Å². The van der Waals surface area contributed by atoms with E-state index in [2.05, 4.69) is 0 Å². The van der Waals surface area contributed by atoms with Gasteiger partial charge in [-0.05, 0) is 0 Å². The van der Waals surface area contributed by atoms with Crippen molar-refractivity contribution in [2.45, 2.75) is 120 Å². The Morgan fingerprint density at radius 3 is 0.574 bits per heavy atom. The van der Waals surface area contributed by atoms with Crippen molar-refractivity contribution in [2.75, 3.05) is 0 Å². The van der Waals surface area contributed by atoms with Gasteiger partial charge in [0.1, 0.15) is 0 Å². The molecule has 0 fully saturated rings. The van der Waals surface area contributed by atoms with Crippen molar-refractivity contribution in [1.82, 2.24) is 0 Å². The highest BCUT2D eigenvalue weighted by Gasteiger charge is 3.01. The first kappa shape index (κ1) is 65.0. The molecule has 0 saturated carbocycles. The van der Waals surface area contributed by atoms with E-state index in [1.807, 2.05) is 0 Å².